The van der Waals surface area contributed by atoms with Crippen LogP contribution in [0.2, 0.25) is 0 Å². The summed E-state index contributed by atoms with van der Waals surface area (Å²) < 4.78 is 0. The number of hydrogen-bond acceptors (Lipinski definition) is 0. The van der Waals surface area contributed by atoms with Crippen molar-refractivity contribution in [1.29, 1.82) is 0 Å². The number of benzene rings is 6. The Labute approximate surface area is 277 Å². The normalized spacial score (nSPS) is 11.7. The Hall–Kier alpha value is -3.71. The molecule has 0 aliphatic rings. The maximum absolute atomic E-state index is 2.39. The van der Waals surface area contributed by atoms with Gasteiger partial charge in [-0.1, -0.05) is 0 Å². The fraction of sp³-hybridized carbons (Fsp3) is 0.143. The van der Waals surface area contributed by atoms with Gasteiger partial charge >= 0.3 is 279 Å². The standard InChI is InChI=1S/2C21H21Si.Cr/c2*1-4-10-19(11-5-1)16-22(17-20-12-6-2-7-13-20)18-21-14-8-3-9-15-21;/h2*1-15H,16-18H2;. The maximum atomic E-state index is 2.39. The van der Waals surface area contributed by atoms with E-state index >= 15 is 0 Å². The van der Waals surface area contributed by atoms with E-state index in [9.17, 15) is 0 Å². The van der Waals surface area contributed by atoms with Crippen LogP contribution in [0.15, 0.2) is 182 Å². The summed E-state index contributed by atoms with van der Waals surface area (Å²) in [5.41, 5.74) is 9.08. The van der Waals surface area contributed by atoms with E-state index in [-0.39, 0.29) is 0 Å². The first kappa shape index (κ1) is 31.3. The Balaban J connectivity index is 1.53. The van der Waals surface area contributed by atoms with Crippen molar-refractivity contribution in [3.05, 3.63) is 215 Å². The van der Waals surface area contributed by atoms with Crippen LogP contribution in [0.25, 0.3) is 0 Å². The minimum atomic E-state index is -1.99. The van der Waals surface area contributed by atoms with Gasteiger partial charge in [0.15, 0.2) is 0 Å². The van der Waals surface area contributed by atoms with Crippen LogP contribution in [-0.2, 0) is 50.2 Å². The van der Waals surface area contributed by atoms with E-state index in [1.165, 1.54) is 69.6 Å². The number of hydrogen-bond donors (Lipinski definition) is 0. The Kier molecular flexibility index (Phi) is 10.8. The molecule has 0 heterocycles. The molecule has 0 saturated carbocycles. The number of rotatable bonds is 14. The van der Waals surface area contributed by atoms with Crippen LogP contribution in [0, 0.1) is 0 Å². The zero-order chi connectivity index (χ0) is 30.6. The first-order valence-electron chi connectivity index (χ1n) is 16.1. The molecular weight excluding hydrogens is 613 g/mol. The van der Waals surface area contributed by atoms with E-state index in [1.807, 2.05) is 0 Å². The second-order valence-electron chi connectivity index (χ2n) is 12.4. The summed E-state index contributed by atoms with van der Waals surface area (Å²) in [5, 5.41) is 0. The first-order chi connectivity index (χ1) is 22.2. The predicted molar refractivity (Wildman–Crippen MR) is 192 cm³/mol. The van der Waals surface area contributed by atoms with Gasteiger partial charge in [-0.05, 0) is 0 Å². The van der Waals surface area contributed by atoms with Gasteiger partial charge in [0.25, 0.3) is 0 Å². The van der Waals surface area contributed by atoms with Gasteiger partial charge in [0.05, 0.1) is 0 Å². The summed E-state index contributed by atoms with van der Waals surface area (Å²) in [6, 6.07) is 76.0. The van der Waals surface area contributed by atoms with E-state index in [4.69, 9.17) is 0 Å². The van der Waals surface area contributed by atoms with Gasteiger partial charge in [0.2, 0.25) is 0 Å². The summed E-state index contributed by atoms with van der Waals surface area (Å²) in [7, 11) is 0. The third-order valence-corrected chi connectivity index (χ3v) is 34.7. The molecule has 0 spiro atoms. The second-order valence-corrected chi connectivity index (χ2v) is 31.1. The Morgan fingerprint density at radius 3 is 0.556 bits per heavy atom. The summed E-state index contributed by atoms with van der Waals surface area (Å²) in [4.78, 5) is 0. The molecule has 0 unspecified atom stereocenters. The Bertz CT molecular complexity index is 1360. The van der Waals surface area contributed by atoms with Crippen molar-refractivity contribution in [1.82, 2.24) is 0 Å². The average Bonchev–Trinajstić information content (AvgIpc) is 3.07. The van der Waals surface area contributed by atoms with Crippen LogP contribution < -0.4 is 0 Å². The molecule has 6 aromatic rings. The topological polar surface area (TPSA) is 0 Å². The van der Waals surface area contributed by atoms with Crippen molar-refractivity contribution >= 4 is 13.3 Å². The molecular formula is C42H42CrSi2. The molecule has 0 aliphatic heterocycles. The summed E-state index contributed by atoms with van der Waals surface area (Å²) in [5.74, 6) is 0. The third-order valence-electron chi connectivity index (χ3n) is 8.65. The third kappa shape index (κ3) is 9.16. The van der Waals surface area contributed by atoms with Crippen molar-refractivity contribution in [2.45, 2.75) is 36.3 Å². The van der Waals surface area contributed by atoms with Gasteiger partial charge in [-0.3, -0.25) is 0 Å². The van der Waals surface area contributed by atoms with Crippen LogP contribution in [0.4, 0.5) is 0 Å². The molecule has 0 aromatic heterocycles. The molecule has 6 aromatic carbocycles. The molecule has 0 N–H and O–H groups in total. The molecule has 0 saturated heterocycles. The Morgan fingerprint density at radius 1 is 0.244 bits per heavy atom. The van der Waals surface area contributed by atoms with Crippen molar-refractivity contribution < 1.29 is 13.9 Å². The molecule has 0 radical (unpaired) electrons. The van der Waals surface area contributed by atoms with Crippen LogP contribution in [-0.4, -0.2) is 13.3 Å². The average molecular weight is 655 g/mol. The van der Waals surface area contributed by atoms with Crippen molar-refractivity contribution in [3.63, 3.8) is 0 Å². The van der Waals surface area contributed by atoms with Crippen LogP contribution in [0.3, 0.4) is 0 Å². The summed E-state index contributed by atoms with van der Waals surface area (Å²) in [6.45, 7) is -3.98. The summed E-state index contributed by atoms with van der Waals surface area (Å²) in [6.07, 6.45) is 0. The molecule has 6 rings (SSSR count). The molecule has 0 atom stereocenters. The molecule has 0 fully saturated rings. The van der Waals surface area contributed by atoms with Gasteiger partial charge in [-0.15, -0.1) is 0 Å². The van der Waals surface area contributed by atoms with Gasteiger partial charge < -0.3 is 0 Å². The first-order valence-corrected chi connectivity index (χ1v) is 25.0. The van der Waals surface area contributed by atoms with E-state index in [0.29, 0.717) is 13.9 Å². The molecule has 0 amide bonds. The minimum absolute atomic E-state index is 0.503. The Morgan fingerprint density at radius 2 is 0.400 bits per heavy atom. The molecule has 3 heteroatoms. The zero-order valence-corrected chi connectivity index (χ0v) is 29.2. The fourth-order valence-corrected chi connectivity index (χ4v) is 42.6. The van der Waals surface area contributed by atoms with Crippen molar-refractivity contribution in [2.75, 3.05) is 0 Å². The zero-order valence-electron chi connectivity index (χ0n) is 26.0. The molecule has 0 bridgehead atoms. The molecule has 0 aliphatic carbocycles. The van der Waals surface area contributed by atoms with Crippen molar-refractivity contribution in [3.8, 4) is 0 Å². The fourth-order valence-electron chi connectivity index (χ4n) is 6.86. The van der Waals surface area contributed by atoms with Crippen LogP contribution in [0.5, 0.6) is 0 Å². The van der Waals surface area contributed by atoms with E-state index in [2.05, 4.69) is 182 Å². The predicted octanol–water partition coefficient (Wildman–Crippen LogP) is 9.65. The van der Waals surface area contributed by atoms with Gasteiger partial charge in [0, 0.05) is 0 Å². The molecule has 45 heavy (non-hydrogen) atoms. The quantitative estimate of drug-likeness (QED) is 0.103. The SMILES string of the molecule is c1ccc(C[Si](Cc2ccccc2)(Cc2ccccc2)[Cr][Si](Cc2ccccc2)(Cc2ccccc2)Cc2ccccc2)cc1. The van der Waals surface area contributed by atoms with Crippen LogP contribution in [0.1, 0.15) is 33.4 Å². The van der Waals surface area contributed by atoms with Gasteiger partial charge in [0.1, 0.15) is 0 Å². The monoisotopic (exact) mass is 654 g/mol. The van der Waals surface area contributed by atoms with Crippen LogP contribution >= 0.6 is 0 Å². The van der Waals surface area contributed by atoms with Gasteiger partial charge in [-0.25, -0.2) is 0 Å². The van der Waals surface area contributed by atoms with Crippen molar-refractivity contribution in [2.24, 2.45) is 0 Å². The second kappa shape index (κ2) is 15.5. The summed E-state index contributed by atoms with van der Waals surface area (Å²) >= 11 is 0.503. The molecule has 224 valence electrons. The van der Waals surface area contributed by atoms with E-state index < -0.39 is 13.3 Å². The van der Waals surface area contributed by atoms with E-state index in [0.717, 1.165) is 0 Å². The molecule has 0 nitrogen and oxygen atoms in total. The van der Waals surface area contributed by atoms with Gasteiger partial charge in [-0.2, -0.15) is 0 Å². The van der Waals surface area contributed by atoms with E-state index in [1.54, 1.807) is 0 Å².